The molecule has 0 radical (unpaired) electrons. The van der Waals surface area contributed by atoms with E-state index in [4.69, 9.17) is 9.47 Å². The molecule has 0 spiro atoms. The summed E-state index contributed by atoms with van der Waals surface area (Å²) in [5.41, 5.74) is 0.967. The van der Waals surface area contributed by atoms with Crippen LogP contribution >= 0.6 is 0 Å². The Morgan fingerprint density at radius 1 is 1.39 bits per heavy atom. The van der Waals surface area contributed by atoms with Gasteiger partial charge >= 0.3 is 0 Å². The maximum Gasteiger partial charge on any atom is 0.123 e. The van der Waals surface area contributed by atoms with E-state index in [-0.39, 0.29) is 5.92 Å². The summed E-state index contributed by atoms with van der Waals surface area (Å²) in [6, 6.07) is 10.1. The smallest absolute Gasteiger partial charge is 0.123 e. The number of ether oxygens (including phenoxy) is 2. The zero-order valence-corrected chi connectivity index (χ0v) is 10.6. The second kappa shape index (κ2) is 6.39. The van der Waals surface area contributed by atoms with Gasteiger partial charge in [-0.25, -0.2) is 0 Å². The van der Waals surface area contributed by atoms with Gasteiger partial charge in [0.05, 0.1) is 32.3 Å². The maximum atomic E-state index is 9.37. The summed E-state index contributed by atoms with van der Waals surface area (Å²) in [7, 11) is 1.64. The lowest BCUT2D eigenvalue weighted by Gasteiger charge is -2.28. The first kappa shape index (κ1) is 12.9. The van der Waals surface area contributed by atoms with Crippen molar-refractivity contribution in [3.63, 3.8) is 0 Å². The van der Waals surface area contributed by atoms with Gasteiger partial charge in [0, 0.05) is 25.2 Å². The van der Waals surface area contributed by atoms with Crippen molar-refractivity contribution in [2.75, 3.05) is 40.0 Å². The van der Waals surface area contributed by atoms with E-state index in [1.165, 1.54) is 0 Å². The molecule has 1 unspecified atom stereocenters. The van der Waals surface area contributed by atoms with Gasteiger partial charge in [0.1, 0.15) is 5.75 Å². The highest BCUT2D eigenvalue weighted by molar-refractivity contribution is 5.39. The SMILES string of the molecule is COc1ccccc1C(C#N)CN1CCOCC1. The second-order valence-electron chi connectivity index (χ2n) is 4.34. The number of nitriles is 1. The van der Waals surface area contributed by atoms with Crippen molar-refractivity contribution in [3.05, 3.63) is 29.8 Å². The van der Waals surface area contributed by atoms with Crippen LogP contribution in [0.3, 0.4) is 0 Å². The molecule has 2 rings (SSSR count). The van der Waals surface area contributed by atoms with Gasteiger partial charge in [0.2, 0.25) is 0 Å². The molecule has 0 aromatic heterocycles. The van der Waals surface area contributed by atoms with E-state index in [0.29, 0.717) is 0 Å². The van der Waals surface area contributed by atoms with Crippen LogP contribution in [-0.2, 0) is 4.74 Å². The number of rotatable bonds is 4. The molecule has 1 saturated heterocycles. The molecule has 0 saturated carbocycles. The van der Waals surface area contributed by atoms with E-state index < -0.39 is 0 Å². The fourth-order valence-corrected chi connectivity index (χ4v) is 2.20. The van der Waals surface area contributed by atoms with Crippen molar-refractivity contribution in [2.24, 2.45) is 0 Å². The van der Waals surface area contributed by atoms with E-state index in [0.717, 1.165) is 44.2 Å². The quantitative estimate of drug-likeness (QED) is 0.810. The summed E-state index contributed by atoms with van der Waals surface area (Å²) >= 11 is 0. The zero-order chi connectivity index (χ0) is 12.8. The van der Waals surface area contributed by atoms with Gasteiger partial charge in [-0.15, -0.1) is 0 Å². The minimum Gasteiger partial charge on any atom is -0.496 e. The van der Waals surface area contributed by atoms with E-state index in [1.54, 1.807) is 7.11 Å². The molecule has 0 aliphatic carbocycles. The molecule has 1 aromatic rings. The van der Waals surface area contributed by atoms with Crippen LogP contribution in [0.15, 0.2) is 24.3 Å². The van der Waals surface area contributed by atoms with Crippen molar-refractivity contribution in [1.29, 1.82) is 5.26 Å². The molecule has 4 heteroatoms. The number of para-hydroxylation sites is 1. The van der Waals surface area contributed by atoms with Gasteiger partial charge in [0.15, 0.2) is 0 Å². The van der Waals surface area contributed by atoms with Crippen LogP contribution in [0.2, 0.25) is 0 Å². The number of nitrogens with zero attached hydrogens (tertiary/aromatic N) is 2. The summed E-state index contributed by atoms with van der Waals surface area (Å²) in [6.07, 6.45) is 0. The van der Waals surface area contributed by atoms with Gasteiger partial charge in [-0.05, 0) is 6.07 Å². The maximum absolute atomic E-state index is 9.37. The normalized spacial score (nSPS) is 18.0. The average molecular weight is 246 g/mol. The van der Waals surface area contributed by atoms with Crippen molar-refractivity contribution in [3.8, 4) is 11.8 Å². The molecule has 1 heterocycles. The van der Waals surface area contributed by atoms with Gasteiger partial charge in [-0.1, -0.05) is 18.2 Å². The topological polar surface area (TPSA) is 45.5 Å². The highest BCUT2D eigenvalue weighted by atomic mass is 16.5. The van der Waals surface area contributed by atoms with Crippen LogP contribution in [0.4, 0.5) is 0 Å². The molecule has 1 fully saturated rings. The fourth-order valence-electron chi connectivity index (χ4n) is 2.20. The predicted molar refractivity (Wildman–Crippen MR) is 68.6 cm³/mol. The number of benzene rings is 1. The predicted octanol–water partition coefficient (Wildman–Crippen LogP) is 1.63. The first-order chi connectivity index (χ1) is 8.85. The molecule has 4 nitrogen and oxygen atoms in total. The lowest BCUT2D eigenvalue weighted by Crippen LogP contribution is -2.38. The van der Waals surface area contributed by atoms with Crippen molar-refractivity contribution >= 4 is 0 Å². The summed E-state index contributed by atoms with van der Waals surface area (Å²) in [6.45, 7) is 4.04. The first-order valence-electron chi connectivity index (χ1n) is 6.17. The Kier molecular flexibility index (Phi) is 4.57. The Labute approximate surface area is 108 Å². The molecular weight excluding hydrogens is 228 g/mol. The largest absolute Gasteiger partial charge is 0.496 e. The van der Waals surface area contributed by atoms with Gasteiger partial charge < -0.3 is 9.47 Å². The monoisotopic (exact) mass is 246 g/mol. The minimum absolute atomic E-state index is 0.153. The molecule has 96 valence electrons. The number of methoxy groups -OCH3 is 1. The molecule has 0 bridgehead atoms. The average Bonchev–Trinajstić information content (AvgIpc) is 2.46. The Hall–Kier alpha value is -1.57. The van der Waals surface area contributed by atoms with Crippen molar-refractivity contribution in [2.45, 2.75) is 5.92 Å². The molecule has 1 aliphatic rings. The summed E-state index contributed by atoms with van der Waals surface area (Å²) in [5, 5.41) is 9.37. The molecule has 18 heavy (non-hydrogen) atoms. The number of morpholine rings is 1. The van der Waals surface area contributed by atoms with E-state index in [9.17, 15) is 5.26 Å². The van der Waals surface area contributed by atoms with Crippen LogP contribution < -0.4 is 4.74 Å². The molecule has 0 N–H and O–H groups in total. The molecule has 1 aromatic carbocycles. The second-order valence-corrected chi connectivity index (χ2v) is 4.34. The van der Waals surface area contributed by atoms with Crippen LogP contribution in [0.1, 0.15) is 11.5 Å². The molecule has 1 aliphatic heterocycles. The third kappa shape index (κ3) is 3.00. The first-order valence-corrected chi connectivity index (χ1v) is 6.17. The van der Waals surface area contributed by atoms with Crippen LogP contribution in [0, 0.1) is 11.3 Å². The standard InChI is InChI=1S/C14H18N2O2/c1-17-14-5-3-2-4-13(14)12(10-15)11-16-6-8-18-9-7-16/h2-5,12H,6-9,11H2,1H3. The van der Waals surface area contributed by atoms with E-state index >= 15 is 0 Å². The van der Waals surface area contributed by atoms with Crippen LogP contribution in [-0.4, -0.2) is 44.9 Å². The Morgan fingerprint density at radius 2 is 2.11 bits per heavy atom. The zero-order valence-electron chi connectivity index (χ0n) is 10.6. The highest BCUT2D eigenvalue weighted by Crippen LogP contribution is 2.26. The molecule has 1 atom stereocenters. The fraction of sp³-hybridized carbons (Fsp3) is 0.500. The van der Waals surface area contributed by atoms with Crippen LogP contribution in [0.5, 0.6) is 5.75 Å². The van der Waals surface area contributed by atoms with Gasteiger partial charge in [-0.2, -0.15) is 5.26 Å². The van der Waals surface area contributed by atoms with Gasteiger partial charge in [-0.3, -0.25) is 4.90 Å². The number of hydrogen-bond acceptors (Lipinski definition) is 4. The summed E-state index contributed by atoms with van der Waals surface area (Å²) < 4.78 is 10.6. The third-order valence-corrected chi connectivity index (χ3v) is 3.21. The lowest BCUT2D eigenvalue weighted by molar-refractivity contribution is 0.0369. The van der Waals surface area contributed by atoms with Gasteiger partial charge in [0.25, 0.3) is 0 Å². The molecular formula is C14H18N2O2. The molecule has 0 amide bonds. The third-order valence-electron chi connectivity index (χ3n) is 3.21. The summed E-state index contributed by atoms with van der Waals surface area (Å²) in [4.78, 5) is 2.27. The Balaban J connectivity index is 2.10. The highest BCUT2D eigenvalue weighted by Gasteiger charge is 2.20. The number of hydrogen-bond donors (Lipinski definition) is 0. The minimum atomic E-state index is -0.153. The van der Waals surface area contributed by atoms with Crippen LogP contribution in [0.25, 0.3) is 0 Å². The lowest BCUT2D eigenvalue weighted by atomic mass is 9.99. The van der Waals surface area contributed by atoms with Crippen molar-refractivity contribution < 1.29 is 9.47 Å². The van der Waals surface area contributed by atoms with E-state index in [1.807, 2.05) is 24.3 Å². The Bertz CT molecular complexity index is 422. The summed E-state index contributed by atoms with van der Waals surface area (Å²) in [5.74, 6) is 0.636. The van der Waals surface area contributed by atoms with Crippen molar-refractivity contribution in [1.82, 2.24) is 4.90 Å². The van der Waals surface area contributed by atoms with E-state index in [2.05, 4.69) is 11.0 Å². The Morgan fingerprint density at radius 3 is 2.78 bits per heavy atom.